The van der Waals surface area contributed by atoms with E-state index < -0.39 is 17.6 Å². The number of anilines is 1. The van der Waals surface area contributed by atoms with Gasteiger partial charge in [-0.1, -0.05) is 52.5 Å². The summed E-state index contributed by atoms with van der Waals surface area (Å²) in [6, 6.07) is 7.94. The third-order valence-electron chi connectivity index (χ3n) is 3.39. The molecule has 24 heavy (non-hydrogen) atoms. The van der Waals surface area contributed by atoms with Crippen molar-refractivity contribution in [3.8, 4) is 0 Å². The van der Waals surface area contributed by atoms with Crippen molar-refractivity contribution >= 4 is 69.5 Å². The fourth-order valence-corrected chi connectivity index (χ4v) is 3.23. The van der Waals surface area contributed by atoms with Crippen molar-refractivity contribution in [2.45, 2.75) is 0 Å². The predicted octanol–water partition coefficient (Wildman–Crippen LogP) is 5.31. The van der Waals surface area contributed by atoms with Gasteiger partial charge in [0.15, 0.2) is 0 Å². The molecule has 3 nitrogen and oxygen atoms in total. The van der Waals surface area contributed by atoms with E-state index in [9.17, 15) is 14.0 Å². The molecule has 1 heterocycles. The minimum absolute atomic E-state index is 0.0521. The van der Waals surface area contributed by atoms with Gasteiger partial charge < -0.3 is 0 Å². The summed E-state index contributed by atoms with van der Waals surface area (Å²) in [7, 11) is 0. The van der Waals surface area contributed by atoms with Gasteiger partial charge in [0.05, 0.1) is 21.3 Å². The first-order valence-electron chi connectivity index (χ1n) is 6.50. The molecule has 0 saturated heterocycles. The first-order valence-corrected chi connectivity index (χ1v) is 8.01. The van der Waals surface area contributed by atoms with E-state index in [-0.39, 0.29) is 31.9 Å². The second-order valence-corrected chi connectivity index (χ2v) is 6.49. The topological polar surface area (TPSA) is 37.4 Å². The van der Waals surface area contributed by atoms with Gasteiger partial charge in [-0.3, -0.25) is 9.59 Å². The number of hydrogen-bond acceptors (Lipinski definition) is 2. The van der Waals surface area contributed by atoms with Crippen LogP contribution in [0.1, 0.15) is 5.56 Å². The van der Waals surface area contributed by atoms with Gasteiger partial charge in [0, 0.05) is 10.6 Å². The highest BCUT2D eigenvalue weighted by Gasteiger charge is 2.40. The number of imide groups is 1. The van der Waals surface area contributed by atoms with E-state index in [4.69, 9.17) is 46.4 Å². The molecular weight excluding hydrogens is 399 g/mol. The summed E-state index contributed by atoms with van der Waals surface area (Å²) in [4.78, 5) is 25.9. The Balaban J connectivity index is 2.09. The summed E-state index contributed by atoms with van der Waals surface area (Å²) in [6.07, 6.45) is 0. The lowest BCUT2D eigenvalue weighted by Crippen LogP contribution is -2.31. The van der Waals surface area contributed by atoms with Gasteiger partial charge in [0.25, 0.3) is 11.8 Å². The monoisotopic (exact) mass is 403 g/mol. The Morgan fingerprint density at radius 2 is 1.54 bits per heavy atom. The van der Waals surface area contributed by atoms with Crippen LogP contribution >= 0.6 is 46.4 Å². The number of hydrogen-bond donors (Lipinski definition) is 0. The highest BCUT2D eigenvalue weighted by Crippen LogP contribution is 2.38. The minimum Gasteiger partial charge on any atom is -0.268 e. The number of carbonyl (C=O) groups is 2. The maximum Gasteiger partial charge on any atom is 0.277 e. The van der Waals surface area contributed by atoms with Gasteiger partial charge in [0.1, 0.15) is 10.8 Å². The van der Waals surface area contributed by atoms with Crippen LogP contribution in [0, 0.1) is 5.82 Å². The van der Waals surface area contributed by atoms with Crippen molar-refractivity contribution in [3.63, 3.8) is 0 Å². The molecule has 0 aromatic heterocycles. The Morgan fingerprint density at radius 1 is 0.833 bits per heavy atom. The molecule has 0 spiro atoms. The Hall–Kier alpha value is -1.59. The van der Waals surface area contributed by atoms with Crippen molar-refractivity contribution in [1.29, 1.82) is 0 Å². The summed E-state index contributed by atoms with van der Waals surface area (Å²) in [5, 5.41) is 0.0436. The first-order chi connectivity index (χ1) is 11.3. The number of nitrogens with zero attached hydrogens (tertiary/aromatic N) is 1. The zero-order chi connectivity index (χ0) is 17.6. The zero-order valence-electron chi connectivity index (χ0n) is 11.6. The third kappa shape index (κ3) is 2.80. The van der Waals surface area contributed by atoms with Crippen LogP contribution in [0.5, 0.6) is 0 Å². The van der Waals surface area contributed by atoms with Crippen LogP contribution in [0.3, 0.4) is 0 Å². The molecule has 0 saturated carbocycles. The van der Waals surface area contributed by atoms with E-state index in [1.807, 2.05) is 0 Å². The third-order valence-corrected chi connectivity index (χ3v) is 4.58. The van der Waals surface area contributed by atoms with Crippen molar-refractivity contribution in [3.05, 3.63) is 67.9 Å². The van der Waals surface area contributed by atoms with E-state index in [1.54, 1.807) is 0 Å². The average molecular weight is 405 g/mol. The average Bonchev–Trinajstić information content (AvgIpc) is 2.73. The zero-order valence-corrected chi connectivity index (χ0v) is 14.6. The van der Waals surface area contributed by atoms with Crippen LogP contribution in [-0.2, 0) is 9.59 Å². The van der Waals surface area contributed by atoms with Crippen LogP contribution in [0.25, 0.3) is 5.57 Å². The summed E-state index contributed by atoms with van der Waals surface area (Å²) in [5.74, 6) is -2.10. The molecule has 8 heteroatoms. The van der Waals surface area contributed by atoms with Gasteiger partial charge in [0.2, 0.25) is 0 Å². The van der Waals surface area contributed by atoms with Crippen LogP contribution in [0.2, 0.25) is 15.1 Å². The van der Waals surface area contributed by atoms with Gasteiger partial charge >= 0.3 is 0 Å². The standard InChI is InChI=1S/C16H6Cl4FNO2/c17-7-1-3-9(10(18)5-7)13-14(20)16(24)22(15(13)23)8-2-4-12(21)11(19)6-8/h1-6H. The molecule has 2 aromatic carbocycles. The lowest BCUT2D eigenvalue weighted by atomic mass is 10.1. The molecule has 0 N–H and O–H groups in total. The van der Waals surface area contributed by atoms with Gasteiger partial charge in [-0.15, -0.1) is 0 Å². The van der Waals surface area contributed by atoms with Crippen LogP contribution < -0.4 is 4.90 Å². The molecule has 3 rings (SSSR count). The molecule has 122 valence electrons. The maximum absolute atomic E-state index is 13.3. The molecule has 1 aliphatic rings. The number of benzene rings is 2. The van der Waals surface area contributed by atoms with E-state index >= 15 is 0 Å². The van der Waals surface area contributed by atoms with Gasteiger partial charge in [-0.25, -0.2) is 9.29 Å². The number of carbonyl (C=O) groups excluding carboxylic acids is 2. The molecule has 0 aliphatic carbocycles. The van der Waals surface area contributed by atoms with Crippen molar-refractivity contribution in [2.75, 3.05) is 4.90 Å². The molecule has 2 amide bonds. The molecule has 2 aromatic rings. The van der Waals surface area contributed by atoms with Crippen LogP contribution in [0.4, 0.5) is 10.1 Å². The summed E-state index contributed by atoms with van der Waals surface area (Å²) >= 11 is 23.7. The Kier molecular flexibility index (Phi) is 4.58. The molecule has 1 aliphatic heterocycles. The molecule has 0 radical (unpaired) electrons. The first kappa shape index (κ1) is 17.2. The predicted molar refractivity (Wildman–Crippen MR) is 93.1 cm³/mol. The normalized spacial score (nSPS) is 14.8. The largest absolute Gasteiger partial charge is 0.277 e. The smallest absolute Gasteiger partial charge is 0.268 e. The Morgan fingerprint density at radius 3 is 2.17 bits per heavy atom. The fraction of sp³-hybridized carbons (Fsp3) is 0. The number of rotatable bonds is 2. The van der Waals surface area contributed by atoms with E-state index in [0.29, 0.717) is 5.02 Å². The van der Waals surface area contributed by atoms with Gasteiger partial charge in [-0.2, -0.15) is 0 Å². The van der Waals surface area contributed by atoms with E-state index in [0.717, 1.165) is 11.0 Å². The molecular formula is C16H6Cl4FNO2. The lowest BCUT2D eigenvalue weighted by molar-refractivity contribution is -0.119. The molecule has 0 unspecified atom stereocenters. The van der Waals surface area contributed by atoms with E-state index in [2.05, 4.69) is 0 Å². The van der Waals surface area contributed by atoms with Crippen LogP contribution in [-0.4, -0.2) is 11.8 Å². The molecule has 0 bridgehead atoms. The second-order valence-electron chi connectivity index (χ2n) is 4.86. The summed E-state index contributed by atoms with van der Waals surface area (Å²) in [6.45, 7) is 0. The van der Waals surface area contributed by atoms with E-state index in [1.165, 1.54) is 30.3 Å². The quantitative estimate of drug-likeness (QED) is 0.636. The fourth-order valence-electron chi connectivity index (χ4n) is 2.29. The van der Waals surface area contributed by atoms with Crippen molar-refractivity contribution in [1.82, 2.24) is 0 Å². The second kappa shape index (κ2) is 6.37. The lowest BCUT2D eigenvalue weighted by Gasteiger charge is -2.15. The van der Waals surface area contributed by atoms with Crippen LogP contribution in [0.15, 0.2) is 41.4 Å². The molecule has 0 atom stereocenters. The minimum atomic E-state index is -0.745. The number of amides is 2. The van der Waals surface area contributed by atoms with Crippen molar-refractivity contribution in [2.24, 2.45) is 0 Å². The Bertz CT molecular complexity index is 926. The summed E-state index contributed by atoms with van der Waals surface area (Å²) in [5.41, 5.74) is 0.332. The van der Waals surface area contributed by atoms with Crippen molar-refractivity contribution < 1.29 is 14.0 Å². The highest BCUT2D eigenvalue weighted by atomic mass is 35.5. The number of halogens is 5. The maximum atomic E-state index is 13.3. The Labute approximate surface area is 156 Å². The summed E-state index contributed by atoms with van der Waals surface area (Å²) < 4.78 is 13.3. The van der Waals surface area contributed by atoms with Gasteiger partial charge in [-0.05, 0) is 30.3 Å². The SMILES string of the molecule is O=C1C(Cl)=C(c2ccc(Cl)cc2Cl)C(=O)N1c1ccc(F)c(Cl)c1. The highest BCUT2D eigenvalue weighted by molar-refractivity contribution is 6.61. The molecule has 0 fully saturated rings.